The fraction of sp³-hybridized carbons (Fsp3) is 0.500. The quantitative estimate of drug-likeness (QED) is 0.811. The van der Waals surface area contributed by atoms with E-state index in [0.717, 1.165) is 36.4 Å². The molecule has 2 rings (SSSR count). The number of benzene rings is 1. The summed E-state index contributed by atoms with van der Waals surface area (Å²) in [5.74, 6) is 0. The molecule has 1 aromatic carbocycles. The summed E-state index contributed by atoms with van der Waals surface area (Å²) in [5, 5.41) is 4.29. The minimum Gasteiger partial charge on any atom is -0.382 e. The summed E-state index contributed by atoms with van der Waals surface area (Å²) in [6.45, 7) is 0. The van der Waals surface area contributed by atoms with E-state index in [4.69, 9.17) is 17.3 Å². The monoisotopic (exact) mass is 224 g/mol. The molecule has 15 heavy (non-hydrogen) atoms. The maximum absolute atomic E-state index is 5.93. The smallest absolute Gasteiger partial charge is 0.0426 e. The SMILES string of the molecule is NC1CCC(Nc2cccc(Cl)c2)CC1. The Morgan fingerprint density at radius 3 is 2.60 bits per heavy atom. The predicted molar refractivity (Wildman–Crippen MR) is 65.3 cm³/mol. The van der Waals surface area contributed by atoms with Crippen LogP contribution in [-0.4, -0.2) is 12.1 Å². The van der Waals surface area contributed by atoms with E-state index >= 15 is 0 Å². The standard InChI is InChI=1S/C12H17ClN2/c13-9-2-1-3-12(8-9)15-11-6-4-10(14)5-7-11/h1-3,8,10-11,15H,4-7,14H2. The van der Waals surface area contributed by atoms with E-state index in [2.05, 4.69) is 11.4 Å². The largest absolute Gasteiger partial charge is 0.382 e. The van der Waals surface area contributed by atoms with E-state index in [9.17, 15) is 0 Å². The van der Waals surface area contributed by atoms with Crippen LogP contribution in [0.1, 0.15) is 25.7 Å². The van der Waals surface area contributed by atoms with Gasteiger partial charge >= 0.3 is 0 Å². The van der Waals surface area contributed by atoms with Crippen molar-refractivity contribution in [3.05, 3.63) is 29.3 Å². The molecule has 0 aromatic heterocycles. The lowest BCUT2D eigenvalue weighted by Gasteiger charge is -2.27. The molecule has 0 atom stereocenters. The third-order valence-corrected chi connectivity index (χ3v) is 3.20. The van der Waals surface area contributed by atoms with Crippen molar-refractivity contribution in [3.63, 3.8) is 0 Å². The zero-order chi connectivity index (χ0) is 10.7. The van der Waals surface area contributed by atoms with Crippen LogP contribution in [0.15, 0.2) is 24.3 Å². The van der Waals surface area contributed by atoms with E-state index in [-0.39, 0.29) is 0 Å². The van der Waals surface area contributed by atoms with Crippen molar-refractivity contribution in [2.24, 2.45) is 5.73 Å². The van der Waals surface area contributed by atoms with Crippen LogP contribution in [0.2, 0.25) is 5.02 Å². The molecule has 0 aliphatic heterocycles. The van der Waals surface area contributed by atoms with Crippen LogP contribution in [0.4, 0.5) is 5.69 Å². The van der Waals surface area contributed by atoms with Gasteiger partial charge in [0.25, 0.3) is 0 Å². The Hall–Kier alpha value is -0.730. The van der Waals surface area contributed by atoms with Crippen LogP contribution in [0.5, 0.6) is 0 Å². The highest BCUT2D eigenvalue weighted by atomic mass is 35.5. The van der Waals surface area contributed by atoms with Crippen molar-refractivity contribution in [3.8, 4) is 0 Å². The average Bonchev–Trinajstić information content (AvgIpc) is 2.22. The van der Waals surface area contributed by atoms with E-state index in [1.54, 1.807) is 0 Å². The summed E-state index contributed by atoms with van der Waals surface area (Å²) >= 11 is 5.93. The summed E-state index contributed by atoms with van der Waals surface area (Å²) in [6, 6.07) is 8.85. The first-order valence-corrected chi connectivity index (χ1v) is 5.89. The molecule has 0 amide bonds. The van der Waals surface area contributed by atoms with Gasteiger partial charge < -0.3 is 11.1 Å². The van der Waals surface area contributed by atoms with E-state index in [0.29, 0.717) is 12.1 Å². The number of nitrogens with two attached hydrogens (primary N) is 1. The third kappa shape index (κ3) is 3.11. The van der Waals surface area contributed by atoms with Gasteiger partial charge in [-0.2, -0.15) is 0 Å². The fourth-order valence-electron chi connectivity index (χ4n) is 2.08. The highest BCUT2D eigenvalue weighted by molar-refractivity contribution is 6.30. The Bertz CT molecular complexity index is 319. The maximum atomic E-state index is 5.93. The zero-order valence-corrected chi connectivity index (χ0v) is 9.50. The van der Waals surface area contributed by atoms with E-state index < -0.39 is 0 Å². The van der Waals surface area contributed by atoms with Gasteiger partial charge in [0.1, 0.15) is 0 Å². The van der Waals surface area contributed by atoms with Gasteiger partial charge in [-0.05, 0) is 43.9 Å². The number of halogens is 1. The predicted octanol–water partition coefficient (Wildman–Crippen LogP) is 3.02. The van der Waals surface area contributed by atoms with Crippen molar-refractivity contribution in [2.75, 3.05) is 5.32 Å². The van der Waals surface area contributed by atoms with Crippen LogP contribution in [-0.2, 0) is 0 Å². The van der Waals surface area contributed by atoms with Crippen LogP contribution in [0.25, 0.3) is 0 Å². The second-order valence-electron chi connectivity index (χ2n) is 4.27. The Morgan fingerprint density at radius 1 is 1.20 bits per heavy atom. The van der Waals surface area contributed by atoms with Crippen molar-refractivity contribution in [1.29, 1.82) is 0 Å². The van der Waals surface area contributed by atoms with Crippen LogP contribution < -0.4 is 11.1 Å². The van der Waals surface area contributed by atoms with E-state index in [1.165, 1.54) is 0 Å². The Morgan fingerprint density at radius 2 is 1.93 bits per heavy atom. The van der Waals surface area contributed by atoms with Gasteiger partial charge in [-0.3, -0.25) is 0 Å². The number of hydrogen-bond donors (Lipinski definition) is 2. The number of nitrogens with one attached hydrogen (secondary N) is 1. The molecule has 3 N–H and O–H groups in total. The van der Waals surface area contributed by atoms with E-state index in [1.807, 2.05) is 18.2 Å². The highest BCUT2D eigenvalue weighted by Crippen LogP contribution is 2.22. The number of hydrogen-bond acceptors (Lipinski definition) is 2. The average molecular weight is 225 g/mol. The Balaban J connectivity index is 1.92. The van der Waals surface area contributed by atoms with Crippen molar-refractivity contribution in [1.82, 2.24) is 0 Å². The van der Waals surface area contributed by atoms with Crippen LogP contribution in [0.3, 0.4) is 0 Å². The summed E-state index contributed by atoms with van der Waals surface area (Å²) in [5.41, 5.74) is 6.98. The lowest BCUT2D eigenvalue weighted by Crippen LogP contribution is -2.32. The van der Waals surface area contributed by atoms with Crippen molar-refractivity contribution >= 4 is 17.3 Å². The zero-order valence-electron chi connectivity index (χ0n) is 8.75. The lowest BCUT2D eigenvalue weighted by atomic mass is 9.92. The minimum atomic E-state index is 0.405. The normalized spacial score (nSPS) is 26.3. The van der Waals surface area contributed by atoms with Crippen LogP contribution in [0, 0.1) is 0 Å². The molecule has 0 bridgehead atoms. The maximum Gasteiger partial charge on any atom is 0.0426 e. The Kier molecular flexibility index (Phi) is 3.49. The molecular formula is C12H17ClN2. The number of anilines is 1. The van der Waals surface area contributed by atoms with Crippen LogP contribution >= 0.6 is 11.6 Å². The third-order valence-electron chi connectivity index (χ3n) is 2.97. The molecule has 0 radical (unpaired) electrons. The summed E-state index contributed by atoms with van der Waals surface area (Å²) < 4.78 is 0. The van der Waals surface area contributed by atoms with Crippen molar-refractivity contribution < 1.29 is 0 Å². The molecule has 0 spiro atoms. The molecule has 3 heteroatoms. The summed E-state index contributed by atoms with van der Waals surface area (Å²) in [4.78, 5) is 0. The van der Waals surface area contributed by atoms with Crippen molar-refractivity contribution in [2.45, 2.75) is 37.8 Å². The molecule has 1 aromatic rings. The molecule has 1 aliphatic carbocycles. The second-order valence-corrected chi connectivity index (χ2v) is 4.70. The topological polar surface area (TPSA) is 38.0 Å². The van der Waals surface area contributed by atoms with Gasteiger partial charge in [-0.15, -0.1) is 0 Å². The second kappa shape index (κ2) is 4.86. The first kappa shape index (κ1) is 10.8. The van der Waals surface area contributed by atoms with Gasteiger partial charge in [0.2, 0.25) is 0 Å². The minimum absolute atomic E-state index is 0.405. The first-order chi connectivity index (χ1) is 7.24. The van der Waals surface area contributed by atoms with Gasteiger partial charge in [0.15, 0.2) is 0 Å². The van der Waals surface area contributed by atoms with Gasteiger partial charge in [-0.25, -0.2) is 0 Å². The Labute approximate surface area is 95.8 Å². The fourth-order valence-corrected chi connectivity index (χ4v) is 2.27. The molecule has 2 nitrogen and oxygen atoms in total. The molecule has 0 heterocycles. The summed E-state index contributed by atoms with van der Waals surface area (Å²) in [7, 11) is 0. The molecule has 0 unspecified atom stereocenters. The molecule has 82 valence electrons. The van der Waals surface area contributed by atoms with Gasteiger partial charge in [-0.1, -0.05) is 17.7 Å². The first-order valence-electron chi connectivity index (χ1n) is 5.52. The molecule has 1 fully saturated rings. The van der Waals surface area contributed by atoms with Gasteiger partial charge in [0.05, 0.1) is 0 Å². The summed E-state index contributed by atoms with van der Waals surface area (Å²) in [6.07, 6.45) is 4.57. The lowest BCUT2D eigenvalue weighted by molar-refractivity contribution is 0.411. The molecule has 1 aliphatic rings. The molecular weight excluding hydrogens is 208 g/mol. The molecule has 1 saturated carbocycles. The number of rotatable bonds is 2. The molecule has 0 saturated heterocycles. The van der Waals surface area contributed by atoms with Gasteiger partial charge in [0, 0.05) is 22.8 Å². The highest BCUT2D eigenvalue weighted by Gasteiger charge is 2.17.